The smallest absolute Gasteiger partial charge is 0.347 e. The maximum atomic E-state index is 11.3. The van der Waals surface area contributed by atoms with Crippen LogP contribution in [-0.4, -0.2) is 21.0 Å². The standard InChI is InChI=1S/C14H12N2O4S/c1-7-2-5-9(16(19)20)6-10(7)13-15-11(8-3-4-8)12(21-13)14(17)18/h2,5-6,8H,3-4H2,1H3,(H,17,18). The molecular weight excluding hydrogens is 292 g/mol. The molecule has 1 aromatic heterocycles. The Bertz CT molecular complexity index is 749. The fourth-order valence-corrected chi connectivity index (χ4v) is 3.26. The molecule has 3 rings (SSSR count). The summed E-state index contributed by atoms with van der Waals surface area (Å²) < 4.78 is 0. The van der Waals surface area contributed by atoms with E-state index in [-0.39, 0.29) is 16.5 Å². The minimum atomic E-state index is -0.983. The number of nitro benzene ring substituents is 1. The van der Waals surface area contributed by atoms with Crippen molar-refractivity contribution in [2.24, 2.45) is 0 Å². The van der Waals surface area contributed by atoms with Crippen molar-refractivity contribution in [3.05, 3.63) is 44.4 Å². The first-order valence-corrected chi connectivity index (χ1v) is 7.28. The zero-order valence-corrected chi connectivity index (χ0v) is 12.0. The maximum absolute atomic E-state index is 11.3. The summed E-state index contributed by atoms with van der Waals surface area (Å²) in [5.74, 6) is -0.760. The van der Waals surface area contributed by atoms with Gasteiger partial charge in [-0.25, -0.2) is 9.78 Å². The lowest BCUT2D eigenvalue weighted by Crippen LogP contribution is -1.97. The van der Waals surface area contributed by atoms with E-state index in [4.69, 9.17) is 0 Å². The van der Waals surface area contributed by atoms with Gasteiger partial charge in [-0.3, -0.25) is 10.1 Å². The Hall–Kier alpha value is -2.28. The Morgan fingerprint density at radius 3 is 2.76 bits per heavy atom. The topological polar surface area (TPSA) is 93.3 Å². The highest BCUT2D eigenvalue weighted by Crippen LogP contribution is 2.44. The molecule has 1 N–H and O–H groups in total. The lowest BCUT2D eigenvalue weighted by molar-refractivity contribution is -0.384. The summed E-state index contributed by atoms with van der Waals surface area (Å²) in [6, 6.07) is 4.55. The molecule has 1 aliphatic rings. The third kappa shape index (κ3) is 2.52. The van der Waals surface area contributed by atoms with E-state index < -0.39 is 10.9 Å². The van der Waals surface area contributed by atoms with Gasteiger partial charge in [0.15, 0.2) is 0 Å². The van der Waals surface area contributed by atoms with Gasteiger partial charge in [0, 0.05) is 23.6 Å². The summed E-state index contributed by atoms with van der Waals surface area (Å²) in [4.78, 5) is 26.4. The first kappa shape index (κ1) is 13.7. The second-order valence-electron chi connectivity index (χ2n) is 5.07. The Morgan fingerprint density at radius 2 is 2.19 bits per heavy atom. The van der Waals surface area contributed by atoms with Gasteiger partial charge in [-0.05, 0) is 25.3 Å². The third-order valence-electron chi connectivity index (χ3n) is 3.47. The number of benzene rings is 1. The minimum Gasteiger partial charge on any atom is -0.477 e. The largest absolute Gasteiger partial charge is 0.477 e. The number of carboxylic acids is 1. The average molecular weight is 304 g/mol. The van der Waals surface area contributed by atoms with Gasteiger partial charge < -0.3 is 5.11 Å². The highest BCUT2D eigenvalue weighted by atomic mass is 32.1. The van der Waals surface area contributed by atoms with E-state index >= 15 is 0 Å². The summed E-state index contributed by atoms with van der Waals surface area (Å²) in [5, 5.41) is 20.7. The molecule has 1 heterocycles. The molecule has 1 aliphatic carbocycles. The summed E-state index contributed by atoms with van der Waals surface area (Å²) in [7, 11) is 0. The quantitative estimate of drug-likeness (QED) is 0.688. The van der Waals surface area contributed by atoms with Crippen LogP contribution in [-0.2, 0) is 0 Å². The van der Waals surface area contributed by atoms with E-state index in [9.17, 15) is 20.0 Å². The SMILES string of the molecule is Cc1ccc([N+](=O)[O-])cc1-c1nc(C2CC2)c(C(=O)O)s1. The second-order valence-corrected chi connectivity index (χ2v) is 6.07. The maximum Gasteiger partial charge on any atom is 0.347 e. The molecule has 7 heteroatoms. The summed E-state index contributed by atoms with van der Waals surface area (Å²) in [5.41, 5.74) is 2.07. The molecule has 0 amide bonds. The molecule has 0 aliphatic heterocycles. The van der Waals surface area contributed by atoms with Crippen LogP contribution in [0.15, 0.2) is 18.2 Å². The molecular formula is C14H12N2O4S. The van der Waals surface area contributed by atoms with Crippen molar-refractivity contribution in [1.82, 2.24) is 4.98 Å². The molecule has 6 nitrogen and oxygen atoms in total. The van der Waals surface area contributed by atoms with Crippen molar-refractivity contribution in [1.29, 1.82) is 0 Å². The first-order valence-electron chi connectivity index (χ1n) is 6.47. The van der Waals surface area contributed by atoms with E-state index in [1.807, 2.05) is 6.92 Å². The number of aryl methyl sites for hydroxylation is 1. The van der Waals surface area contributed by atoms with E-state index in [2.05, 4.69) is 4.98 Å². The molecule has 21 heavy (non-hydrogen) atoms. The summed E-state index contributed by atoms with van der Waals surface area (Å²) in [6.45, 7) is 1.83. The molecule has 0 radical (unpaired) electrons. The molecule has 0 unspecified atom stereocenters. The van der Waals surface area contributed by atoms with Crippen molar-refractivity contribution < 1.29 is 14.8 Å². The van der Waals surface area contributed by atoms with Crippen molar-refractivity contribution >= 4 is 23.0 Å². The molecule has 0 bridgehead atoms. The highest BCUT2D eigenvalue weighted by Gasteiger charge is 2.32. The number of hydrogen-bond donors (Lipinski definition) is 1. The van der Waals surface area contributed by atoms with Crippen LogP contribution in [0.1, 0.15) is 39.7 Å². The number of aromatic nitrogens is 1. The zero-order valence-electron chi connectivity index (χ0n) is 11.2. The molecule has 0 spiro atoms. The molecule has 1 saturated carbocycles. The van der Waals surface area contributed by atoms with Gasteiger partial charge in [0.05, 0.1) is 10.6 Å². The molecule has 2 aromatic rings. The van der Waals surface area contributed by atoms with Gasteiger partial charge in [0.25, 0.3) is 5.69 Å². The summed E-state index contributed by atoms with van der Waals surface area (Å²) >= 11 is 1.09. The number of aromatic carboxylic acids is 1. The van der Waals surface area contributed by atoms with Gasteiger partial charge in [-0.2, -0.15) is 0 Å². The van der Waals surface area contributed by atoms with Crippen LogP contribution in [0.5, 0.6) is 0 Å². The van der Waals surface area contributed by atoms with Crippen LogP contribution in [0.25, 0.3) is 10.6 Å². The van der Waals surface area contributed by atoms with Crippen LogP contribution in [0.3, 0.4) is 0 Å². The Morgan fingerprint density at radius 1 is 1.48 bits per heavy atom. The van der Waals surface area contributed by atoms with Gasteiger partial charge in [0.1, 0.15) is 9.88 Å². The molecule has 108 valence electrons. The third-order valence-corrected chi connectivity index (χ3v) is 4.57. The van der Waals surface area contributed by atoms with Crippen LogP contribution < -0.4 is 0 Å². The Labute approximate surface area is 124 Å². The second kappa shape index (κ2) is 4.92. The van der Waals surface area contributed by atoms with Crippen molar-refractivity contribution in [3.63, 3.8) is 0 Å². The van der Waals surface area contributed by atoms with E-state index in [1.165, 1.54) is 12.1 Å². The molecule has 0 saturated heterocycles. The predicted molar refractivity (Wildman–Crippen MR) is 77.9 cm³/mol. The number of rotatable bonds is 4. The van der Waals surface area contributed by atoms with Crippen LogP contribution in [0.4, 0.5) is 5.69 Å². The lowest BCUT2D eigenvalue weighted by Gasteiger charge is -2.01. The number of carbonyl (C=O) groups is 1. The fraction of sp³-hybridized carbons (Fsp3) is 0.286. The normalized spacial score (nSPS) is 14.1. The number of carboxylic acid groups (broad SMARTS) is 1. The van der Waals surface area contributed by atoms with Gasteiger partial charge in [-0.15, -0.1) is 11.3 Å². The lowest BCUT2D eigenvalue weighted by atomic mass is 10.1. The van der Waals surface area contributed by atoms with E-state index in [1.54, 1.807) is 6.07 Å². The van der Waals surface area contributed by atoms with E-state index in [0.29, 0.717) is 16.3 Å². The summed E-state index contributed by atoms with van der Waals surface area (Å²) in [6.07, 6.45) is 1.91. The van der Waals surface area contributed by atoms with Crippen molar-refractivity contribution in [2.45, 2.75) is 25.7 Å². The monoisotopic (exact) mass is 304 g/mol. The van der Waals surface area contributed by atoms with Crippen molar-refractivity contribution in [2.75, 3.05) is 0 Å². The number of hydrogen-bond acceptors (Lipinski definition) is 5. The highest BCUT2D eigenvalue weighted by molar-refractivity contribution is 7.17. The fourth-order valence-electron chi connectivity index (χ4n) is 2.19. The van der Waals surface area contributed by atoms with E-state index in [0.717, 1.165) is 29.7 Å². The minimum absolute atomic E-state index is 0.0179. The van der Waals surface area contributed by atoms with Gasteiger partial charge in [0.2, 0.25) is 0 Å². The Kier molecular flexibility index (Phi) is 3.21. The number of thiazole rings is 1. The average Bonchev–Trinajstić information content (AvgIpc) is 3.18. The number of nitrogens with zero attached hydrogens (tertiary/aromatic N) is 2. The van der Waals surface area contributed by atoms with Crippen molar-refractivity contribution in [3.8, 4) is 10.6 Å². The number of nitro groups is 1. The number of non-ortho nitro benzene ring substituents is 1. The van der Waals surface area contributed by atoms with Gasteiger partial charge >= 0.3 is 5.97 Å². The molecule has 0 atom stereocenters. The van der Waals surface area contributed by atoms with Gasteiger partial charge in [-0.1, -0.05) is 6.07 Å². The first-order chi connectivity index (χ1) is 9.97. The predicted octanol–water partition coefficient (Wildman–Crippen LogP) is 3.60. The molecule has 1 fully saturated rings. The van der Waals surface area contributed by atoms with Crippen LogP contribution in [0, 0.1) is 17.0 Å². The van der Waals surface area contributed by atoms with Crippen LogP contribution in [0.2, 0.25) is 0 Å². The Balaban J connectivity index is 2.12. The molecule has 1 aromatic carbocycles. The zero-order chi connectivity index (χ0) is 15.1. The van der Waals surface area contributed by atoms with Crippen LogP contribution >= 0.6 is 11.3 Å².